The van der Waals surface area contributed by atoms with Crippen LogP contribution in [-0.2, 0) is 22.5 Å². The van der Waals surface area contributed by atoms with Gasteiger partial charge >= 0.3 is 5.97 Å². The van der Waals surface area contributed by atoms with Gasteiger partial charge in [-0.3, -0.25) is 9.59 Å². The lowest BCUT2D eigenvalue weighted by molar-refractivity contribution is -0.155. The molecule has 0 saturated heterocycles. The van der Waals surface area contributed by atoms with Gasteiger partial charge in [-0.15, -0.1) is 0 Å². The van der Waals surface area contributed by atoms with Crippen LogP contribution in [0.4, 0.5) is 0 Å². The van der Waals surface area contributed by atoms with Crippen molar-refractivity contribution in [2.24, 2.45) is 0 Å². The molecule has 6 heteroatoms. The molecule has 138 valence electrons. The monoisotopic (exact) mass is 355 g/mol. The molecule has 3 rings (SSSR count). The zero-order valence-corrected chi connectivity index (χ0v) is 15.7. The molecule has 0 unspecified atom stereocenters. The molecule has 1 aromatic carbocycles. The van der Waals surface area contributed by atoms with Gasteiger partial charge in [0.15, 0.2) is 0 Å². The van der Waals surface area contributed by atoms with Crippen LogP contribution in [0.5, 0.6) is 0 Å². The fraction of sp³-hybridized carbons (Fsp3) is 0.500. The Balaban J connectivity index is 1.88. The normalized spacial score (nSPS) is 19.2. The summed E-state index contributed by atoms with van der Waals surface area (Å²) in [7, 11) is 0. The van der Waals surface area contributed by atoms with E-state index in [4.69, 9.17) is 4.74 Å². The number of hydrogen-bond donors (Lipinski definition) is 0. The number of carbonyl (C=O) groups excluding carboxylic acids is 1. The first-order valence-electron chi connectivity index (χ1n) is 9.03. The first kappa shape index (κ1) is 18.3. The molecule has 6 nitrogen and oxygen atoms in total. The van der Waals surface area contributed by atoms with E-state index in [9.17, 15) is 9.59 Å². The van der Waals surface area contributed by atoms with Gasteiger partial charge in [0.1, 0.15) is 23.7 Å². The van der Waals surface area contributed by atoms with E-state index in [0.717, 1.165) is 6.42 Å². The van der Waals surface area contributed by atoms with Crippen LogP contribution >= 0.6 is 0 Å². The van der Waals surface area contributed by atoms with Crippen molar-refractivity contribution in [3.8, 4) is 0 Å². The third kappa shape index (κ3) is 4.18. The highest BCUT2D eigenvalue weighted by Gasteiger charge is 2.43. The van der Waals surface area contributed by atoms with Gasteiger partial charge in [0, 0.05) is 5.92 Å². The number of aromatic nitrogens is 3. The lowest BCUT2D eigenvalue weighted by Crippen LogP contribution is -2.31. The molecule has 1 saturated carbocycles. The maximum absolute atomic E-state index is 12.3. The topological polar surface area (TPSA) is 74.1 Å². The number of carbonyl (C=O) groups is 1. The molecule has 26 heavy (non-hydrogen) atoms. The fourth-order valence-corrected chi connectivity index (χ4v) is 3.12. The van der Waals surface area contributed by atoms with Gasteiger partial charge in [-0.1, -0.05) is 37.3 Å². The van der Waals surface area contributed by atoms with E-state index in [0.29, 0.717) is 23.9 Å². The number of hydrogen-bond acceptors (Lipinski definition) is 5. The standard InChI is InChI=1S/C20H25N3O3/c1-5-16-19(25)21-18(15-11-14(15)13-9-7-6-8-10-13)23(22-16)12-17(24)26-20(2,3)4/h6-10,14-15H,5,11-12H2,1-4H3/t14-,15+/m0/s1. The summed E-state index contributed by atoms with van der Waals surface area (Å²) in [6.07, 6.45) is 1.38. The summed E-state index contributed by atoms with van der Waals surface area (Å²) in [5.41, 5.74) is 0.717. The van der Waals surface area contributed by atoms with E-state index < -0.39 is 5.60 Å². The Kier molecular flexibility index (Phi) is 4.94. The maximum atomic E-state index is 12.3. The minimum absolute atomic E-state index is 0.0368. The summed E-state index contributed by atoms with van der Waals surface area (Å²) in [4.78, 5) is 28.7. The highest BCUT2D eigenvalue weighted by Crippen LogP contribution is 2.53. The van der Waals surface area contributed by atoms with Crippen LogP contribution in [-0.4, -0.2) is 26.3 Å². The van der Waals surface area contributed by atoms with Crippen molar-refractivity contribution in [2.45, 2.75) is 64.5 Å². The Morgan fingerprint density at radius 3 is 2.54 bits per heavy atom. The van der Waals surface area contributed by atoms with Gasteiger partial charge in [0.05, 0.1) is 0 Å². The van der Waals surface area contributed by atoms with Crippen LogP contribution in [0.25, 0.3) is 0 Å². The summed E-state index contributed by atoms with van der Waals surface area (Å²) >= 11 is 0. The smallest absolute Gasteiger partial charge is 0.328 e. The minimum Gasteiger partial charge on any atom is -0.459 e. The molecule has 0 spiro atoms. The van der Waals surface area contributed by atoms with Gasteiger partial charge in [-0.25, -0.2) is 4.68 Å². The molecule has 0 N–H and O–H groups in total. The number of benzene rings is 1. The quantitative estimate of drug-likeness (QED) is 0.771. The lowest BCUT2D eigenvalue weighted by atomic mass is 10.1. The molecule has 1 aromatic heterocycles. The van der Waals surface area contributed by atoms with Gasteiger partial charge < -0.3 is 4.74 Å². The zero-order valence-electron chi connectivity index (χ0n) is 15.7. The molecule has 0 radical (unpaired) electrons. The third-order valence-corrected chi connectivity index (χ3v) is 4.35. The van der Waals surface area contributed by atoms with Gasteiger partial charge in [0.25, 0.3) is 5.56 Å². The Morgan fingerprint density at radius 1 is 1.23 bits per heavy atom. The van der Waals surface area contributed by atoms with Gasteiger partial charge in [-0.2, -0.15) is 10.1 Å². The van der Waals surface area contributed by atoms with Crippen LogP contribution in [0.1, 0.15) is 63.0 Å². The van der Waals surface area contributed by atoms with E-state index in [1.165, 1.54) is 5.56 Å². The highest BCUT2D eigenvalue weighted by molar-refractivity contribution is 5.69. The number of esters is 1. The predicted octanol–water partition coefficient (Wildman–Crippen LogP) is 2.81. The molecule has 0 amide bonds. The number of aryl methyl sites for hydroxylation is 1. The van der Waals surface area contributed by atoms with Crippen molar-refractivity contribution < 1.29 is 9.53 Å². The number of ether oxygens (including phenoxy) is 1. The van der Waals surface area contributed by atoms with Crippen molar-refractivity contribution in [1.29, 1.82) is 0 Å². The second-order valence-corrected chi connectivity index (χ2v) is 7.68. The Labute approximate surface area is 153 Å². The molecular weight excluding hydrogens is 330 g/mol. The Morgan fingerprint density at radius 2 is 1.92 bits per heavy atom. The largest absolute Gasteiger partial charge is 0.459 e. The second-order valence-electron chi connectivity index (χ2n) is 7.68. The molecule has 2 aromatic rings. The minimum atomic E-state index is -0.566. The van der Waals surface area contributed by atoms with Crippen LogP contribution < -0.4 is 5.56 Å². The number of rotatable bonds is 5. The average molecular weight is 355 g/mol. The van der Waals surface area contributed by atoms with Gasteiger partial charge in [0.2, 0.25) is 0 Å². The molecule has 1 aliphatic carbocycles. The lowest BCUT2D eigenvalue weighted by Gasteiger charge is -2.20. The summed E-state index contributed by atoms with van der Waals surface area (Å²) in [6, 6.07) is 10.1. The SMILES string of the molecule is CCc1nn(CC(=O)OC(C)(C)C)c([C@@H]2C[C@H]2c2ccccc2)nc1=O. The molecular formula is C20H25N3O3. The fourth-order valence-electron chi connectivity index (χ4n) is 3.12. The highest BCUT2D eigenvalue weighted by atomic mass is 16.6. The van der Waals surface area contributed by atoms with Crippen molar-refractivity contribution in [2.75, 3.05) is 0 Å². The van der Waals surface area contributed by atoms with Crippen molar-refractivity contribution >= 4 is 5.97 Å². The molecule has 2 atom stereocenters. The molecule has 0 bridgehead atoms. The summed E-state index contributed by atoms with van der Waals surface area (Å²) < 4.78 is 6.96. The van der Waals surface area contributed by atoms with E-state index in [2.05, 4.69) is 22.2 Å². The van der Waals surface area contributed by atoms with Crippen molar-refractivity contribution in [1.82, 2.24) is 14.8 Å². The Bertz CT molecular complexity index is 853. The first-order valence-corrected chi connectivity index (χ1v) is 9.03. The predicted molar refractivity (Wildman–Crippen MR) is 98.1 cm³/mol. The van der Waals surface area contributed by atoms with Gasteiger partial charge in [-0.05, 0) is 45.1 Å². The molecule has 1 heterocycles. The van der Waals surface area contributed by atoms with Crippen LogP contribution in [0, 0.1) is 0 Å². The maximum Gasteiger partial charge on any atom is 0.328 e. The van der Waals surface area contributed by atoms with Crippen molar-refractivity contribution in [3.63, 3.8) is 0 Å². The summed E-state index contributed by atoms with van der Waals surface area (Å²) in [5.74, 6) is 0.607. The van der Waals surface area contributed by atoms with Crippen LogP contribution in [0.3, 0.4) is 0 Å². The third-order valence-electron chi connectivity index (χ3n) is 4.35. The average Bonchev–Trinajstić information content (AvgIpc) is 3.35. The molecule has 1 fully saturated rings. The van der Waals surface area contributed by atoms with E-state index in [1.54, 1.807) is 4.68 Å². The summed E-state index contributed by atoms with van der Waals surface area (Å²) in [6.45, 7) is 7.30. The number of nitrogens with zero attached hydrogens (tertiary/aromatic N) is 3. The van der Waals surface area contributed by atoms with E-state index >= 15 is 0 Å². The molecule has 1 aliphatic rings. The zero-order chi connectivity index (χ0) is 18.9. The Hall–Kier alpha value is -2.50. The second kappa shape index (κ2) is 7.02. The van der Waals surface area contributed by atoms with E-state index in [-0.39, 0.29) is 24.0 Å². The van der Waals surface area contributed by atoms with Crippen molar-refractivity contribution in [3.05, 3.63) is 57.8 Å². The first-order chi connectivity index (χ1) is 12.3. The van der Waals surface area contributed by atoms with E-state index in [1.807, 2.05) is 45.9 Å². The van der Waals surface area contributed by atoms with Crippen LogP contribution in [0.15, 0.2) is 35.1 Å². The van der Waals surface area contributed by atoms with Crippen LogP contribution in [0.2, 0.25) is 0 Å². The summed E-state index contributed by atoms with van der Waals surface area (Å²) in [5, 5.41) is 4.39. The molecule has 0 aliphatic heterocycles.